The van der Waals surface area contributed by atoms with Crippen molar-refractivity contribution in [1.29, 1.82) is 0 Å². The van der Waals surface area contributed by atoms with Crippen LogP contribution >= 0.6 is 27.3 Å². The quantitative estimate of drug-likeness (QED) is 0.356. The third-order valence-corrected chi connectivity index (χ3v) is 8.10. The Kier molecular flexibility index (Phi) is 5.46. The molecular formula is C23H22BrF2N3OS. The molecule has 1 unspecified atom stereocenters. The summed E-state index contributed by atoms with van der Waals surface area (Å²) in [7, 11) is 0. The van der Waals surface area contributed by atoms with E-state index >= 15 is 0 Å². The Morgan fingerprint density at radius 3 is 2.77 bits per heavy atom. The molecule has 0 radical (unpaired) electrons. The van der Waals surface area contributed by atoms with E-state index in [1.54, 1.807) is 0 Å². The standard InChI is InChI=1S/C23H22BrF2N3OS/c1-12(13-5-3-2-4-6-13)27-23(30)20-16-9-14-10-19(24)31-22(14)21(16)29(28-20)18-8-7-15(25)11-17(18)26/h7-8,10-13H,2-6,9H2,1H3,(H,27,30). The largest absolute Gasteiger partial charge is 0.348 e. The minimum absolute atomic E-state index is 0.0563. The number of nitrogens with zero attached hydrogens (tertiary/aromatic N) is 2. The maximum absolute atomic E-state index is 14.6. The van der Waals surface area contributed by atoms with Crippen LogP contribution in [0.2, 0.25) is 0 Å². The summed E-state index contributed by atoms with van der Waals surface area (Å²) in [5, 5.41) is 7.67. The van der Waals surface area contributed by atoms with E-state index in [0.717, 1.165) is 38.7 Å². The summed E-state index contributed by atoms with van der Waals surface area (Å²) in [4.78, 5) is 14.2. The highest BCUT2D eigenvalue weighted by molar-refractivity contribution is 9.11. The van der Waals surface area contributed by atoms with Gasteiger partial charge < -0.3 is 5.32 Å². The van der Waals surface area contributed by atoms with Crippen LogP contribution in [0, 0.1) is 17.6 Å². The van der Waals surface area contributed by atoms with Gasteiger partial charge in [0.2, 0.25) is 0 Å². The number of thiophene rings is 1. The van der Waals surface area contributed by atoms with E-state index in [9.17, 15) is 13.6 Å². The molecule has 2 heterocycles. The fraction of sp³-hybridized carbons (Fsp3) is 0.391. The van der Waals surface area contributed by atoms with Gasteiger partial charge in [0, 0.05) is 24.1 Å². The Balaban J connectivity index is 1.54. The summed E-state index contributed by atoms with van der Waals surface area (Å²) in [6.45, 7) is 2.05. The third-order valence-electron chi connectivity index (χ3n) is 6.41. The van der Waals surface area contributed by atoms with Crippen LogP contribution in [0.1, 0.15) is 60.6 Å². The molecule has 162 valence electrons. The summed E-state index contributed by atoms with van der Waals surface area (Å²) in [6, 6.07) is 5.50. The maximum Gasteiger partial charge on any atom is 0.272 e. The van der Waals surface area contributed by atoms with Gasteiger partial charge in [0.25, 0.3) is 5.91 Å². The van der Waals surface area contributed by atoms with Crippen LogP contribution in [0.15, 0.2) is 28.1 Å². The molecule has 2 aliphatic carbocycles. The van der Waals surface area contributed by atoms with E-state index in [4.69, 9.17) is 0 Å². The molecule has 0 bridgehead atoms. The molecule has 3 aromatic rings. The molecule has 2 aliphatic rings. The Morgan fingerprint density at radius 2 is 2.03 bits per heavy atom. The van der Waals surface area contributed by atoms with Gasteiger partial charge in [-0.25, -0.2) is 13.5 Å². The average molecular weight is 506 g/mol. The number of rotatable bonds is 4. The monoisotopic (exact) mass is 505 g/mol. The van der Waals surface area contributed by atoms with Crippen molar-refractivity contribution in [3.63, 3.8) is 0 Å². The lowest BCUT2D eigenvalue weighted by molar-refractivity contribution is 0.0913. The molecule has 0 spiro atoms. The SMILES string of the molecule is CC(NC(=O)c1nn(-c2ccc(F)cc2F)c2c1Cc1cc(Br)sc1-2)C1CCCCC1. The molecule has 0 aliphatic heterocycles. The molecular weight excluding hydrogens is 484 g/mol. The van der Waals surface area contributed by atoms with Crippen LogP contribution in [-0.2, 0) is 6.42 Å². The van der Waals surface area contributed by atoms with Crippen molar-refractivity contribution in [2.24, 2.45) is 5.92 Å². The van der Waals surface area contributed by atoms with Crippen molar-refractivity contribution < 1.29 is 13.6 Å². The van der Waals surface area contributed by atoms with E-state index in [0.29, 0.717) is 23.7 Å². The van der Waals surface area contributed by atoms with E-state index in [1.165, 1.54) is 47.4 Å². The van der Waals surface area contributed by atoms with Crippen LogP contribution < -0.4 is 5.32 Å². The highest BCUT2D eigenvalue weighted by Crippen LogP contribution is 2.46. The lowest BCUT2D eigenvalue weighted by Crippen LogP contribution is -2.39. The van der Waals surface area contributed by atoms with E-state index < -0.39 is 11.6 Å². The average Bonchev–Trinajstić information content (AvgIpc) is 3.38. The zero-order valence-electron chi connectivity index (χ0n) is 17.1. The first-order valence-electron chi connectivity index (χ1n) is 10.6. The number of carbonyl (C=O) groups is 1. The lowest BCUT2D eigenvalue weighted by Gasteiger charge is -2.28. The van der Waals surface area contributed by atoms with Gasteiger partial charge in [-0.15, -0.1) is 11.3 Å². The Labute approximate surface area is 191 Å². The van der Waals surface area contributed by atoms with Crippen LogP contribution in [0.25, 0.3) is 16.3 Å². The van der Waals surface area contributed by atoms with E-state index in [-0.39, 0.29) is 17.6 Å². The van der Waals surface area contributed by atoms with Gasteiger partial charge in [-0.05, 0) is 65.4 Å². The molecule has 5 rings (SSSR count). The number of nitrogens with one attached hydrogen (secondary N) is 1. The topological polar surface area (TPSA) is 46.9 Å². The van der Waals surface area contributed by atoms with Crippen molar-refractivity contribution in [3.8, 4) is 16.3 Å². The van der Waals surface area contributed by atoms with Crippen LogP contribution in [-0.4, -0.2) is 21.7 Å². The highest BCUT2D eigenvalue weighted by atomic mass is 79.9. The van der Waals surface area contributed by atoms with Crippen LogP contribution in [0.3, 0.4) is 0 Å². The fourth-order valence-corrected chi connectivity index (χ4v) is 6.53. The van der Waals surface area contributed by atoms with Gasteiger partial charge in [-0.3, -0.25) is 4.79 Å². The summed E-state index contributed by atoms with van der Waals surface area (Å²) in [6.07, 6.45) is 6.48. The lowest BCUT2D eigenvalue weighted by atomic mass is 9.84. The second kappa shape index (κ2) is 8.13. The molecule has 1 atom stereocenters. The number of hydrogen-bond donors (Lipinski definition) is 1. The van der Waals surface area contributed by atoms with E-state index in [1.807, 2.05) is 6.07 Å². The van der Waals surface area contributed by atoms with Crippen molar-refractivity contribution in [3.05, 3.63) is 56.5 Å². The normalized spacial score (nSPS) is 16.8. The molecule has 1 saturated carbocycles. The first kappa shape index (κ1) is 20.8. The summed E-state index contributed by atoms with van der Waals surface area (Å²) >= 11 is 5.04. The smallest absolute Gasteiger partial charge is 0.272 e. The zero-order valence-corrected chi connectivity index (χ0v) is 19.5. The predicted molar refractivity (Wildman–Crippen MR) is 121 cm³/mol. The van der Waals surface area contributed by atoms with Crippen LogP contribution in [0.4, 0.5) is 8.78 Å². The molecule has 8 heteroatoms. The second-order valence-corrected chi connectivity index (χ2v) is 10.9. The molecule has 1 amide bonds. The van der Waals surface area contributed by atoms with Crippen molar-refractivity contribution >= 4 is 33.2 Å². The molecule has 1 fully saturated rings. The number of aromatic nitrogens is 2. The first-order valence-corrected chi connectivity index (χ1v) is 12.2. The summed E-state index contributed by atoms with van der Waals surface area (Å²) in [5.74, 6) is -1.12. The van der Waals surface area contributed by atoms with Gasteiger partial charge in [0.05, 0.1) is 14.4 Å². The van der Waals surface area contributed by atoms with Crippen molar-refractivity contribution in [1.82, 2.24) is 15.1 Å². The first-order chi connectivity index (χ1) is 14.9. The molecule has 1 aromatic carbocycles. The minimum atomic E-state index is -0.711. The fourth-order valence-electron chi connectivity index (χ4n) is 4.81. The third kappa shape index (κ3) is 3.74. The molecule has 1 N–H and O–H groups in total. The number of hydrogen-bond acceptors (Lipinski definition) is 3. The Hall–Kier alpha value is -2.06. The molecule has 2 aromatic heterocycles. The molecule has 0 saturated heterocycles. The number of benzene rings is 1. The van der Waals surface area contributed by atoms with Crippen molar-refractivity contribution in [2.45, 2.75) is 51.5 Å². The van der Waals surface area contributed by atoms with Gasteiger partial charge in [-0.2, -0.15) is 5.10 Å². The van der Waals surface area contributed by atoms with Gasteiger partial charge in [0.1, 0.15) is 11.5 Å². The Morgan fingerprint density at radius 1 is 1.26 bits per heavy atom. The minimum Gasteiger partial charge on any atom is -0.348 e. The number of amides is 1. The zero-order chi connectivity index (χ0) is 21.7. The predicted octanol–water partition coefficient (Wildman–Crippen LogP) is 6.24. The Bertz CT molecular complexity index is 1170. The number of halogens is 3. The van der Waals surface area contributed by atoms with Gasteiger partial charge in [-0.1, -0.05) is 19.3 Å². The highest BCUT2D eigenvalue weighted by Gasteiger charge is 2.34. The van der Waals surface area contributed by atoms with Crippen molar-refractivity contribution in [2.75, 3.05) is 0 Å². The molecule has 31 heavy (non-hydrogen) atoms. The number of fused-ring (bicyclic) bond motifs is 3. The second-order valence-electron chi connectivity index (χ2n) is 8.43. The summed E-state index contributed by atoms with van der Waals surface area (Å²) in [5.41, 5.74) is 3.04. The summed E-state index contributed by atoms with van der Waals surface area (Å²) < 4.78 is 30.6. The van der Waals surface area contributed by atoms with Crippen LogP contribution in [0.5, 0.6) is 0 Å². The number of carbonyl (C=O) groups excluding carboxylic acids is 1. The van der Waals surface area contributed by atoms with Gasteiger partial charge in [0.15, 0.2) is 11.5 Å². The van der Waals surface area contributed by atoms with E-state index in [2.05, 4.69) is 33.3 Å². The maximum atomic E-state index is 14.6. The molecule has 4 nitrogen and oxygen atoms in total. The van der Waals surface area contributed by atoms with Gasteiger partial charge >= 0.3 is 0 Å².